The summed E-state index contributed by atoms with van der Waals surface area (Å²) in [6.07, 6.45) is -0.469. The molecule has 1 aliphatic rings. The van der Waals surface area contributed by atoms with Crippen molar-refractivity contribution >= 4 is 17.8 Å². The molecule has 0 spiro atoms. The average Bonchev–Trinajstić information content (AvgIpc) is 2.15. The van der Waals surface area contributed by atoms with Gasteiger partial charge in [0.25, 0.3) is 0 Å². The Kier molecular flexibility index (Phi) is 4.38. The van der Waals surface area contributed by atoms with Gasteiger partial charge in [0.1, 0.15) is 0 Å². The van der Waals surface area contributed by atoms with E-state index in [4.69, 9.17) is 5.11 Å². The van der Waals surface area contributed by atoms with Gasteiger partial charge in [-0.2, -0.15) is 11.8 Å². The number of nitrogens with one attached hydrogen (secondary N) is 1. The number of amides is 2. The zero-order chi connectivity index (χ0) is 9.68. The molecule has 76 valence electrons. The minimum absolute atomic E-state index is 0.0544. The van der Waals surface area contributed by atoms with Crippen molar-refractivity contribution in [1.29, 1.82) is 0 Å². The molecule has 1 atom stereocenters. The number of carbonyl (C=O) groups is 1. The monoisotopic (exact) mass is 204 g/mol. The van der Waals surface area contributed by atoms with Gasteiger partial charge in [-0.05, 0) is 6.92 Å². The largest absolute Gasteiger partial charge is 0.392 e. The third-order valence-corrected chi connectivity index (χ3v) is 2.79. The Morgan fingerprint density at radius 1 is 1.62 bits per heavy atom. The van der Waals surface area contributed by atoms with Crippen molar-refractivity contribution in [2.24, 2.45) is 0 Å². The first-order valence-electron chi connectivity index (χ1n) is 4.48. The molecule has 0 aromatic carbocycles. The van der Waals surface area contributed by atoms with E-state index in [-0.39, 0.29) is 6.03 Å². The van der Waals surface area contributed by atoms with Crippen molar-refractivity contribution in [3.05, 3.63) is 0 Å². The van der Waals surface area contributed by atoms with E-state index < -0.39 is 6.10 Å². The zero-order valence-corrected chi connectivity index (χ0v) is 8.64. The second-order valence-corrected chi connectivity index (χ2v) is 4.36. The SMILES string of the molecule is C[C@@H](O)CNC(=O)N1CCSCC1. The summed E-state index contributed by atoms with van der Waals surface area (Å²) in [7, 11) is 0. The zero-order valence-electron chi connectivity index (χ0n) is 7.82. The van der Waals surface area contributed by atoms with Gasteiger partial charge in [0.2, 0.25) is 0 Å². The van der Waals surface area contributed by atoms with Gasteiger partial charge < -0.3 is 15.3 Å². The molecule has 2 N–H and O–H groups in total. The number of aliphatic hydroxyl groups excluding tert-OH is 1. The minimum atomic E-state index is -0.469. The van der Waals surface area contributed by atoms with Crippen LogP contribution in [0.2, 0.25) is 0 Å². The van der Waals surface area contributed by atoms with Crippen LogP contribution in [-0.2, 0) is 0 Å². The first-order valence-corrected chi connectivity index (χ1v) is 5.64. The first-order chi connectivity index (χ1) is 6.20. The summed E-state index contributed by atoms with van der Waals surface area (Å²) in [6, 6.07) is -0.0544. The number of hydrogen-bond acceptors (Lipinski definition) is 3. The van der Waals surface area contributed by atoms with E-state index >= 15 is 0 Å². The van der Waals surface area contributed by atoms with Crippen LogP contribution in [0.5, 0.6) is 0 Å². The maximum absolute atomic E-state index is 11.4. The van der Waals surface area contributed by atoms with E-state index in [0.29, 0.717) is 6.54 Å². The molecule has 4 nitrogen and oxygen atoms in total. The molecular weight excluding hydrogens is 188 g/mol. The van der Waals surface area contributed by atoms with E-state index in [0.717, 1.165) is 24.6 Å². The first kappa shape index (κ1) is 10.7. The second-order valence-electron chi connectivity index (χ2n) is 3.13. The van der Waals surface area contributed by atoms with Crippen molar-refractivity contribution < 1.29 is 9.90 Å². The third kappa shape index (κ3) is 3.87. The summed E-state index contributed by atoms with van der Waals surface area (Å²) in [5.41, 5.74) is 0. The van der Waals surface area contributed by atoms with Crippen molar-refractivity contribution in [3.63, 3.8) is 0 Å². The molecule has 1 heterocycles. The van der Waals surface area contributed by atoms with Crippen LogP contribution in [0.25, 0.3) is 0 Å². The number of urea groups is 1. The van der Waals surface area contributed by atoms with Gasteiger partial charge in [0.05, 0.1) is 6.10 Å². The van der Waals surface area contributed by atoms with E-state index in [9.17, 15) is 4.79 Å². The van der Waals surface area contributed by atoms with Crippen molar-refractivity contribution in [3.8, 4) is 0 Å². The molecule has 1 aliphatic heterocycles. The van der Waals surface area contributed by atoms with E-state index in [2.05, 4.69) is 5.32 Å². The molecule has 13 heavy (non-hydrogen) atoms. The standard InChI is InChI=1S/C8H16N2O2S/c1-7(11)6-9-8(12)10-2-4-13-5-3-10/h7,11H,2-6H2,1H3,(H,9,12)/t7-/m1/s1. The normalized spacial score (nSPS) is 19.7. The predicted molar refractivity (Wildman–Crippen MR) is 54.0 cm³/mol. The summed E-state index contributed by atoms with van der Waals surface area (Å²) in [6.45, 7) is 3.63. The number of carbonyl (C=O) groups excluding carboxylic acids is 1. The van der Waals surface area contributed by atoms with Gasteiger partial charge in [-0.3, -0.25) is 0 Å². The van der Waals surface area contributed by atoms with Crippen LogP contribution in [0.4, 0.5) is 4.79 Å². The molecule has 0 aliphatic carbocycles. The average molecular weight is 204 g/mol. The van der Waals surface area contributed by atoms with Gasteiger partial charge in [-0.1, -0.05) is 0 Å². The highest BCUT2D eigenvalue weighted by Crippen LogP contribution is 2.08. The van der Waals surface area contributed by atoms with Crippen molar-refractivity contribution in [2.45, 2.75) is 13.0 Å². The van der Waals surface area contributed by atoms with Crippen LogP contribution in [0.1, 0.15) is 6.92 Å². The molecule has 2 amide bonds. The molecule has 0 radical (unpaired) electrons. The van der Waals surface area contributed by atoms with Crippen LogP contribution in [0, 0.1) is 0 Å². The lowest BCUT2D eigenvalue weighted by molar-refractivity contribution is 0.174. The van der Waals surface area contributed by atoms with Crippen LogP contribution in [-0.4, -0.2) is 53.3 Å². The molecule has 0 saturated carbocycles. The summed E-state index contributed by atoms with van der Waals surface area (Å²) in [5.74, 6) is 2.03. The lowest BCUT2D eigenvalue weighted by atomic mass is 10.4. The van der Waals surface area contributed by atoms with Crippen molar-refractivity contribution in [2.75, 3.05) is 31.1 Å². The molecule has 0 aromatic heterocycles. The molecule has 0 bridgehead atoms. The highest BCUT2D eigenvalue weighted by atomic mass is 32.2. The summed E-state index contributed by atoms with van der Waals surface area (Å²) in [5, 5.41) is 11.6. The predicted octanol–water partition coefficient (Wildman–Crippen LogP) is 0.126. The van der Waals surface area contributed by atoms with Gasteiger partial charge in [0, 0.05) is 31.1 Å². The van der Waals surface area contributed by atoms with Crippen LogP contribution < -0.4 is 5.32 Å². The third-order valence-electron chi connectivity index (χ3n) is 1.85. The van der Waals surface area contributed by atoms with Gasteiger partial charge in [0.15, 0.2) is 0 Å². The van der Waals surface area contributed by atoms with Crippen LogP contribution >= 0.6 is 11.8 Å². The summed E-state index contributed by atoms with van der Waals surface area (Å²) < 4.78 is 0. The minimum Gasteiger partial charge on any atom is -0.392 e. The van der Waals surface area contributed by atoms with Crippen molar-refractivity contribution in [1.82, 2.24) is 10.2 Å². The van der Waals surface area contributed by atoms with Gasteiger partial charge >= 0.3 is 6.03 Å². The second kappa shape index (κ2) is 5.34. The quantitative estimate of drug-likeness (QED) is 0.672. The smallest absolute Gasteiger partial charge is 0.317 e. The molecule has 0 unspecified atom stereocenters. The number of hydrogen-bond donors (Lipinski definition) is 2. The van der Waals surface area contributed by atoms with E-state index in [1.807, 2.05) is 11.8 Å². The Morgan fingerprint density at radius 2 is 2.23 bits per heavy atom. The Morgan fingerprint density at radius 3 is 2.77 bits per heavy atom. The van der Waals surface area contributed by atoms with Gasteiger partial charge in [-0.25, -0.2) is 4.79 Å². The van der Waals surface area contributed by atoms with E-state index in [1.54, 1.807) is 11.8 Å². The molecule has 5 heteroatoms. The Labute approximate surface area is 82.7 Å². The summed E-state index contributed by atoms with van der Waals surface area (Å²) in [4.78, 5) is 13.2. The maximum atomic E-state index is 11.4. The highest BCUT2D eigenvalue weighted by molar-refractivity contribution is 7.99. The topological polar surface area (TPSA) is 52.6 Å². The molecule has 0 aromatic rings. The Hall–Kier alpha value is -0.420. The number of thioether (sulfide) groups is 1. The maximum Gasteiger partial charge on any atom is 0.317 e. The fourth-order valence-corrected chi connectivity index (χ4v) is 2.02. The lowest BCUT2D eigenvalue weighted by Crippen LogP contribution is -2.46. The molecular formula is C8H16N2O2S. The van der Waals surface area contributed by atoms with Gasteiger partial charge in [-0.15, -0.1) is 0 Å². The fraction of sp³-hybridized carbons (Fsp3) is 0.875. The number of rotatable bonds is 2. The van der Waals surface area contributed by atoms with E-state index in [1.165, 1.54) is 0 Å². The summed E-state index contributed by atoms with van der Waals surface area (Å²) >= 11 is 1.87. The fourth-order valence-electron chi connectivity index (χ4n) is 1.11. The molecule has 1 saturated heterocycles. The Bertz CT molecular complexity index is 170. The lowest BCUT2D eigenvalue weighted by Gasteiger charge is -2.26. The number of nitrogens with zero attached hydrogens (tertiary/aromatic N) is 1. The molecule has 1 rings (SSSR count). The van der Waals surface area contributed by atoms with Crippen LogP contribution in [0.3, 0.4) is 0 Å². The number of aliphatic hydroxyl groups is 1. The Balaban J connectivity index is 2.21. The highest BCUT2D eigenvalue weighted by Gasteiger charge is 2.16. The van der Waals surface area contributed by atoms with Crippen LogP contribution in [0.15, 0.2) is 0 Å². The molecule has 1 fully saturated rings.